The molecule has 0 fully saturated rings. The third-order valence-electron chi connectivity index (χ3n) is 2.94. The largest absolute Gasteiger partial charge is 0.294 e. The Morgan fingerprint density at radius 1 is 1.33 bits per heavy atom. The van der Waals surface area contributed by atoms with Crippen LogP contribution in [0.3, 0.4) is 0 Å². The summed E-state index contributed by atoms with van der Waals surface area (Å²) in [5, 5.41) is 4.82. The third kappa shape index (κ3) is 2.62. The molecule has 0 spiro atoms. The van der Waals surface area contributed by atoms with Crippen molar-refractivity contribution in [1.29, 1.82) is 0 Å². The van der Waals surface area contributed by atoms with Gasteiger partial charge in [0.1, 0.15) is 0 Å². The van der Waals surface area contributed by atoms with Gasteiger partial charge in [-0.15, -0.1) is 0 Å². The second-order valence-corrected chi connectivity index (χ2v) is 4.90. The molecule has 0 atom stereocenters. The van der Waals surface area contributed by atoms with E-state index in [0.29, 0.717) is 17.0 Å². The number of aromatic nitrogens is 2. The van der Waals surface area contributed by atoms with Gasteiger partial charge in [-0.2, -0.15) is 5.10 Å². The van der Waals surface area contributed by atoms with Crippen LogP contribution < -0.4 is 0 Å². The first kappa shape index (κ1) is 12.8. The van der Waals surface area contributed by atoms with Gasteiger partial charge in [-0.05, 0) is 37.6 Å². The molecule has 94 valence electrons. The van der Waals surface area contributed by atoms with Gasteiger partial charge in [0, 0.05) is 23.3 Å². The molecular weight excluding hydrogens is 248 g/mol. The molecule has 18 heavy (non-hydrogen) atoms. The minimum Gasteiger partial charge on any atom is -0.294 e. The highest BCUT2D eigenvalue weighted by atomic mass is 35.5. The number of halogens is 1. The molecule has 0 N–H and O–H groups in total. The number of hydrogen-bond acceptors (Lipinski definition) is 2. The van der Waals surface area contributed by atoms with E-state index in [1.807, 2.05) is 33.0 Å². The maximum absolute atomic E-state index is 12.2. The Kier molecular flexibility index (Phi) is 3.53. The molecule has 0 radical (unpaired) electrons. The monoisotopic (exact) mass is 262 g/mol. The zero-order valence-corrected chi connectivity index (χ0v) is 11.5. The SMILES string of the molecule is Cc1cc(CC(=O)c2cc(Cl)ccc2C)n(C)n1. The highest BCUT2D eigenvalue weighted by molar-refractivity contribution is 6.31. The van der Waals surface area contributed by atoms with Crippen molar-refractivity contribution in [2.75, 3.05) is 0 Å². The minimum absolute atomic E-state index is 0.0676. The van der Waals surface area contributed by atoms with Crippen LogP contribution in [-0.4, -0.2) is 15.6 Å². The van der Waals surface area contributed by atoms with Crippen molar-refractivity contribution in [1.82, 2.24) is 9.78 Å². The van der Waals surface area contributed by atoms with E-state index in [0.717, 1.165) is 17.0 Å². The Labute approximate surface area is 111 Å². The molecule has 0 aliphatic heterocycles. The maximum Gasteiger partial charge on any atom is 0.169 e. The fraction of sp³-hybridized carbons (Fsp3) is 0.286. The van der Waals surface area contributed by atoms with Crippen molar-refractivity contribution in [2.45, 2.75) is 20.3 Å². The highest BCUT2D eigenvalue weighted by Gasteiger charge is 2.13. The summed E-state index contributed by atoms with van der Waals surface area (Å²) in [4.78, 5) is 12.2. The van der Waals surface area contributed by atoms with Crippen LogP contribution in [-0.2, 0) is 13.5 Å². The molecule has 1 heterocycles. The lowest BCUT2D eigenvalue weighted by molar-refractivity contribution is 0.0990. The van der Waals surface area contributed by atoms with Gasteiger partial charge in [-0.1, -0.05) is 17.7 Å². The number of Topliss-reactive ketones (excluding diaryl/α,β-unsaturated/α-hetero) is 1. The predicted molar refractivity (Wildman–Crippen MR) is 72.2 cm³/mol. The molecule has 2 aromatic rings. The van der Waals surface area contributed by atoms with Crippen molar-refractivity contribution in [3.8, 4) is 0 Å². The van der Waals surface area contributed by atoms with Crippen molar-refractivity contribution >= 4 is 17.4 Å². The summed E-state index contributed by atoms with van der Waals surface area (Å²) in [5.74, 6) is 0.0676. The number of ketones is 1. The third-order valence-corrected chi connectivity index (χ3v) is 3.18. The van der Waals surface area contributed by atoms with Gasteiger partial charge in [-0.3, -0.25) is 9.48 Å². The average Bonchev–Trinajstić information content (AvgIpc) is 2.61. The van der Waals surface area contributed by atoms with Crippen molar-refractivity contribution in [2.24, 2.45) is 7.05 Å². The Morgan fingerprint density at radius 3 is 2.67 bits per heavy atom. The van der Waals surface area contributed by atoms with Gasteiger partial charge in [0.15, 0.2) is 5.78 Å². The second-order valence-electron chi connectivity index (χ2n) is 4.46. The van der Waals surface area contributed by atoms with Crippen LogP contribution in [0.2, 0.25) is 5.02 Å². The lowest BCUT2D eigenvalue weighted by Gasteiger charge is -2.05. The molecule has 3 nitrogen and oxygen atoms in total. The summed E-state index contributed by atoms with van der Waals surface area (Å²) in [6.07, 6.45) is 0.346. The summed E-state index contributed by atoms with van der Waals surface area (Å²) in [5.41, 5.74) is 3.46. The van der Waals surface area contributed by atoms with E-state index in [-0.39, 0.29) is 5.78 Å². The van der Waals surface area contributed by atoms with Crippen LogP contribution in [0.1, 0.15) is 27.3 Å². The summed E-state index contributed by atoms with van der Waals surface area (Å²) in [6.45, 7) is 3.83. The van der Waals surface area contributed by atoms with Crippen LogP contribution in [0, 0.1) is 13.8 Å². The van der Waals surface area contributed by atoms with E-state index in [4.69, 9.17) is 11.6 Å². The Hall–Kier alpha value is -1.61. The Morgan fingerprint density at radius 2 is 2.06 bits per heavy atom. The number of carbonyl (C=O) groups is 1. The van der Waals surface area contributed by atoms with E-state index < -0.39 is 0 Å². The number of hydrogen-bond donors (Lipinski definition) is 0. The summed E-state index contributed by atoms with van der Waals surface area (Å²) in [6, 6.07) is 7.31. The van der Waals surface area contributed by atoms with E-state index in [1.54, 1.807) is 16.8 Å². The first-order chi connectivity index (χ1) is 8.47. The fourth-order valence-electron chi connectivity index (χ4n) is 1.98. The van der Waals surface area contributed by atoms with E-state index in [1.165, 1.54) is 0 Å². The summed E-state index contributed by atoms with van der Waals surface area (Å²) in [7, 11) is 1.85. The Bertz CT molecular complexity index is 602. The fourth-order valence-corrected chi connectivity index (χ4v) is 2.16. The Balaban J connectivity index is 2.27. The standard InChI is InChI=1S/C14H15ClN2O/c1-9-4-5-11(15)7-13(9)14(18)8-12-6-10(2)16-17(12)3/h4-7H,8H2,1-3H3. The second kappa shape index (κ2) is 4.94. The molecule has 0 saturated carbocycles. The molecule has 0 bridgehead atoms. The molecule has 1 aromatic carbocycles. The zero-order chi connectivity index (χ0) is 13.3. The normalized spacial score (nSPS) is 10.7. The lowest BCUT2D eigenvalue weighted by Crippen LogP contribution is -2.09. The number of nitrogens with zero attached hydrogens (tertiary/aromatic N) is 2. The minimum atomic E-state index is 0.0676. The van der Waals surface area contributed by atoms with Crippen molar-refractivity contribution in [3.05, 3.63) is 51.8 Å². The van der Waals surface area contributed by atoms with Crippen LogP contribution in [0.4, 0.5) is 0 Å². The molecule has 0 aliphatic rings. The molecule has 0 unspecified atom stereocenters. The van der Waals surface area contributed by atoms with E-state index >= 15 is 0 Å². The van der Waals surface area contributed by atoms with Gasteiger partial charge in [0.25, 0.3) is 0 Å². The smallest absolute Gasteiger partial charge is 0.169 e. The number of benzene rings is 1. The molecule has 0 saturated heterocycles. The van der Waals surface area contributed by atoms with Crippen LogP contribution >= 0.6 is 11.6 Å². The topological polar surface area (TPSA) is 34.9 Å². The average molecular weight is 263 g/mol. The van der Waals surface area contributed by atoms with Gasteiger partial charge >= 0.3 is 0 Å². The van der Waals surface area contributed by atoms with Gasteiger partial charge < -0.3 is 0 Å². The summed E-state index contributed by atoms with van der Waals surface area (Å²) >= 11 is 5.93. The van der Waals surface area contributed by atoms with E-state index in [9.17, 15) is 4.79 Å². The first-order valence-corrected chi connectivity index (χ1v) is 6.14. The molecule has 0 amide bonds. The lowest BCUT2D eigenvalue weighted by atomic mass is 10.0. The van der Waals surface area contributed by atoms with Crippen LogP contribution in [0.15, 0.2) is 24.3 Å². The first-order valence-electron chi connectivity index (χ1n) is 5.76. The predicted octanol–water partition coefficient (Wildman–Crippen LogP) is 3.12. The molecular formula is C14H15ClN2O. The number of carbonyl (C=O) groups excluding carboxylic acids is 1. The van der Waals surface area contributed by atoms with Gasteiger partial charge in [0.05, 0.1) is 12.1 Å². The molecule has 2 rings (SSSR count). The highest BCUT2D eigenvalue weighted by Crippen LogP contribution is 2.17. The van der Waals surface area contributed by atoms with E-state index in [2.05, 4.69) is 5.10 Å². The van der Waals surface area contributed by atoms with Crippen molar-refractivity contribution < 1.29 is 4.79 Å². The summed E-state index contributed by atoms with van der Waals surface area (Å²) < 4.78 is 1.74. The quantitative estimate of drug-likeness (QED) is 0.797. The van der Waals surface area contributed by atoms with Crippen LogP contribution in [0.25, 0.3) is 0 Å². The molecule has 0 aliphatic carbocycles. The number of rotatable bonds is 3. The number of aryl methyl sites for hydroxylation is 3. The molecule has 1 aromatic heterocycles. The zero-order valence-electron chi connectivity index (χ0n) is 10.7. The molecule has 4 heteroatoms. The van der Waals surface area contributed by atoms with Crippen molar-refractivity contribution in [3.63, 3.8) is 0 Å². The van der Waals surface area contributed by atoms with Gasteiger partial charge in [0.2, 0.25) is 0 Å². The van der Waals surface area contributed by atoms with Gasteiger partial charge in [-0.25, -0.2) is 0 Å². The maximum atomic E-state index is 12.2. The van der Waals surface area contributed by atoms with Crippen LogP contribution in [0.5, 0.6) is 0 Å².